The largest absolute Gasteiger partial charge is 0.523 e. The Labute approximate surface area is 103 Å². The van der Waals surface area contributed by atoms with Crippen molar-refractivity contribution in [1.82, 2.24) is 0 Å². The Morgan fingerprint density at radius 3 is 1.58 bits per heavy atom. The summed E-state index contributed by atoms with van der Waals surface area (Å²) in [5, 5.41) is 0. The monoisotopic (exact) mass is 339 g/mol. The molecule has 1 radical (unpaired) electrons. The van der Waals surface area contributed by atoms with Crippen molar-refractivity contribution in [3.05, 3.63) is 6.92 Å². The lowest BCUT2D eigenvalue weighted by atomic mass is 10.5. The number of halogens is 6. The molecule has 0 amide bonds. The Kier molecular flexibility index (Phi) is 5.24. The van der Waals surface area contributed by atoms with E-state index in [9.17, 15) is 43.2 Å². The van der Waals surface area contributed by atoms with Crippen molar-refractivity contribution in [3.8, 4) is 0 Å². The zero-order valence-electron chi connectivity index (χ0n) is 8.53. The Balaban J connectivity index is 4.66. The second-order valence-electron chi connectivity index (χ2n) is 2.80. The van der Waals surface area contributed by atoms with Crippen LogP contribution < -0.4 is 0 Å². The normalized spacial score (nSPS) is 16.4. The molecule has 0 aliphatic carbocycles. The summed E-state index contributed by atoms with van der Waals surface area (Å²) in [5.41, 5.74) is -11.6. The first-order valence-corrected chi connectivity index (χ1v) is 6.70. The van der Waals surface area contributed by atoms with Crippen LogP contribution in [0.25, 0.3) is 0 Å². The fraction of sp³-hybridized carbons (Fsp3) is 0.800. The second-order valence-corrected chi connectivity index (χ2v) is 5.97. The molecule has 1 atom stereocenters. The van der Waals surface area contributed by atoms with Gasteiger partial charge in [0.25, 0.3) is 0 Å². The molecule has 0 spiro atoms. The first-order chi connectivity index (χ1) is 8.10. The molecule has 0 aliphatic heterocycles. The molecule has 0 saturated carbocycles. The van der Waals surface area contributed by atoms with E-state index < -0.39 is 44.0 Å². The molecule has 0 aromatic heterocycles. The van der Waals surface area contributed by atoms with Gasteiger partial charge in [0.05, 0.1) is 6.61 Å². The summed E-state index contributed by atoms with van der Waals surface area (Å²) in [7, 11) is -12.2. The van der Waals surface area contributed by atoms with Crippen LogP contribution in [0.15, 0.2) is 0 Å². The fourth-order valence-corrected chi connectivity index (χ4v) is 1.48. The lowest BCUT2D eigenvalue weighted by Crippen LogP contribution is -2.33. The van der Waals surface area contributed by atoms with Crippen LogP contribution in [0, 0.1) is 6.92 Å². The molecule has 115 valence electrons. The fourth-order valence-electron chi connectivity index (χ4n) is 0.494. The summed E-state index contributed by atoms with van der Waals surface area (Å²) in [5.74, 6) is 0. The first kappa shape index (κ1) is 18.4. The molecule has 0 fully saturated rings. The minimum atomic E-state index is -6.12. The van der Waals surface area contributed by atoms with Crippen LogP contribution in [0.4, 0.5) is 26.3 Å². The van der Waals surface area contributed by atoms with Gasteiger partial charge in [-0.15, -0.1) is 0 Å². The van der Waals surface area contributed by atoms with Crippen LogP contribution in [0.5, 0.6) is 0 Å². The maximum Gasteiger partial charge on any atom is 0.523 e. The SMILES string of the molecule is [CH2]C(COS(=O)(=O)C(F)(F)F)OS(=O)(=O)C(F)(F)F. The van der Waals surface area contributed by atoms with Crippen LogP contribution in [-0.2, 0) is 28.6 Å². The minimum absolute atomic E-state index is 1.67. The maximum atomic E-state index is 11.8. The molecule has 0 N–H and O–H groups in total. The minimum Gasteiger partial charge on any atom is -0.260 e. The smallest absolute Gasteiger partial charge is 0.260 e. The highest BCUT2D eigenvalue weighted by molar-refractivity contribution is 7.88. The molecule has 19 heavy (non-hydrogen) atoms. The summed E-state index contributed by atoms with van der Waals surface area (Å²) in [6.07, 6.45) is -2.34. The molecular weight excluding hydrogens is 334 g/mol. The van der Waals surface area contributed by atoms with Gasteiger partial charge in [-0.05, 0) is 6.92 Å². The van der Waals surface area contributed by atoms with Crippen molar-refractivity contribution in [2.45, 2.75) is 17.1 Å². The standard InChI is InChI=1S/C5H5F6O6S2/c1-3(17-19(14,15)5(9,10)11)2-16-18(12,13)4(6,7)8/h3H,1-2H2. The van der Waals surface area contributed by atoms with Crippen molar-refractivity contribution >= 4 is 20.2 Å². The predicted octanol–water partition coefficient (Wildman–Crippen LogP) is 0.921. The zero-order chi connectivity index (χ0) is 15.7. The Bertz CT molecular complexity index is 501. The highest BCUT2D eigenvalue weighted by Gasteiger charge is 2.50. The molecule has 0 aliphatic rings. The van der Waals surface area contributed by atoms with Crippen LogP contribution in [0.3, 0.4) is 0 Å². The first-order valence-electron chi connectivity index (χ1n) is 3.88. The third-order valence-electron chi connectivity index (χ3n) is 1.24. The van der Waals surface area contributed by atoms with Gasteiger partial charge < -0.3 is 0 Å². The van der Waals surface area contributed by atoms with Gasteiger partial charge in [0.2, 0.25) is 0 Å². The van der Waals surface area contributed by atoms with Crippen molar-refractivity contribution < 1.29 is 51.5 Å². The Morgan fingerprint density at radius 2 is 1.26 bits per heavy atom. The van der Waals surface area contributed by atoms with E-state index in [-0.39, 0.29) is 0 Å². The average molecular weight is 339 g/mol. The Morgan fingerprint density at radius 1 is 0.895 bits per heavy atom. The van der Waals surface area contributed by atoms with Crippen LogP contribution in [0.2, 0.25) is 0 Å². The van der Waals surface area contributed by atoms with Gasteiger partial charge in [0, 0.05) is 0 Å². The molecule has 6 nitrogen and oxygen atoms in total. The molecular formula is C5H5F6O6S2. The summed E-state index contributed by atoms with van der Waals surface area (Å²) >= 11 is 0. The van der Waals surface area contributed by atoms with E-state index in [2.05, 4.69) is 15.3 Å². The van der Waals surface area contributed by atoms with E-state index in [4.69, 9.17) is 0 Å². The van der Waals surface area contributed by atoms with Gasteiger partial charge in [-0.25, -0.2) is 0 Å². The van der Waals surface area contributed by atoms with E-state index in [0.29, 0.717) is 0 Å². The van der Waals surface area contributed by atoms with E-state index >= 15 is 0 Å². The van der Waals surface area contributed by atoms with Crippen molar-refractivity contribution in [3.63, 3.8) is 0 Å². The molecule has 0 aromatic carbocycles. The maximum absolute atomic E-state index is 11.8. The average Bonchev–Trinajstić information content (AvgIpc) is 2.10. The number of alkyl halides is 6. The third kappa shape index (κ3) is 5.12. The van der Waals surface area contributed by atoms with Gasteiger partial charge in [-0.1, -0.05) is 0 Å². The van der Waals surface area contributed by atoms with Gasteiger partial charge in [0.15, 0.2) is 0 Å². The van der Waals surface area contributed by atoms with Gasteiger partial charge in [-0.2, -0.15) is 43.2 Å². The van der Waals surface area contributed by atoms with Crippen molar-refractivity contribution in [1.29, 1.82) is 0 Å². The molecule has 14 heteroatoms. The van der Waals surface area contributed by atoms with Crippen molar-refractivity contribution in [2.24, 2.45) is 0 Å². The number of hydrogen-bond acceptors (Lipinski definition) is 6. The summed E-state index contributed by atoms with van der Waals surface area (Å²) in [6.45, 7) is 0.894. The lowest BCUT2D eigenvalue weighted by Gasteiger charge is -2.15. The zero-order valence-corrected chi connectivity index (χ0v) is 10.2. The van der Waals surface area contributed by atoms with Crippen molar-refractivity contribution in [2.75, 3.05) is 6.61 Å². The van der Waals surface area contributed by atoms with E-state index in [1.165, 1.54) is 0 Å². The summed E-state index contributed by atoms with van der Waals surface area (Å²) < 4.78 is 118. The molecule has 0 rings (SSSR count). The van der Waals surface area contributed by atoms with Crippen LogP contribution in [-0.4, -0.2) is 40.6 Å². The highest BCUT2D eigenvalue weighted by Crippen LogP contribution is 2.27. The second kappa shape index (κ2) is 5.41. The summed E-state index contributed by atoms with van der Waals surface area (Å²) in [6, 6.07) is 0. The van der Waals surface area contributed by atoms with E-state index in [1.807, 2.05) is 0 Å². The molecule has 0 bridgehead atoms. The van der Waals surface area contributed by atoms with Gasteiger partial charge >= 0.3 is 31.3 Å². The van der Waals surface area contributed by atoms with Gasteiger partial charge in [-0.3, -0.25) is 8.37 Å². The summed E-state index contributed by atoms with van der Waals surface area (Å²) in [4.78, 5) is 0. The van der Waals surface area contributed by atoms with Gasteiger partial charge in [0.1, 0.15) is 6.10 Å². The number of hydrogen-bond donors (Lipinski definition) is 0. The number of rotatable bonds is 5. The predicted molar refractivity (Wildman–Crippen MR) is 46.1 cm³/mol. The molecule has 0 heterocycles. The van der Waals surface area contributed by atoms with Crippen LogP contribution in [0.1, 0.15) is 0 Å². The lowest BCUT2D eigenvalue weighted by molar-refractivity contribution is -0.0612. The third-order valence-corrected chi connectivity index (χ3v) is 3.34. The Hall–Kier alpha value is -0.600. The molecule has 0 saturated heterocycles. The van der Waals surface area contributed by atoms with E-state index in [0.717, 1.165) is 0 Å². The molecule has 1 unspecified atom stereocenters. The van der Waals surface area contributed by atoms with Crippen LogP contribution >= 0.6 is 0 Å². The highest BCUT2D eigenvalue weighted by atomic mass is 32.2. The quantitative estimate of drug-likeness (QED) is 0.421. The topological polar surface area (TPSA) is 86.7 Å². The molecule has 0 aromatic rings. The van der Waals surface area contributed by atoms with E-state index in [1.54, 1.807) is 0 Å².